The first-order valence-corrected chi connectivity index (χ1v) is 45.8. The summed E-state index contributed by atoms with van der Waals surface area (Å²) in [6, 6.07) is 0. The average Bonchev–Trinajstić information content (AvgIpc) is 0.934. The zero-order valence-electron chi connectivity index (χ0n) is 65.9. The molecule has 0 bridgehead atoms. The lowest BCUT2D eigenvalue weighted by molar-refractivity contribution is -0.161. The normalized spacial score (nSPS) is 13.8. The molecule has 600 valence electrons. The number of hydrogen-bond donors (Lipinski definition) is 3. The van der Waals surface area contributed by atoms with Crippen molar-refractivity contribution < 1.29 is 80.2 Å². The van der Waals surface area contributed by atoms with E-state index in [1.54, 1.807) is 0 Å². The summed E-state index contributed by atoms with van der Waals surface area (Å²) in [7, 11) is -9.92. The summed E-state index contributed by atoms with van der Waals surface area (Å²) >= 11 is 0. The van der Waals surface area contributed by atoms with E-state index in [0.717, 1.165) is 89.9 Å². The van der Waals surface area contributed by atoms with Crippen LogP contribution in [0.4, 0.5) is 0 Å². The SMILES string of the molecule is CCCCCCCCCCCCCCCCCCCCCC(=O)O[C@H](COC(=O)CCCCCCCCCCCCCCCCC)COP(=O)(O)OC[C@@H](O)COP(=O)(O)OC[C@@H](COC(=O)CCCCCCCCCCCCCCC)OC(=O)CCCCCCCCCCCCCCCC. The fourth-order valence-corrected chi connectivity index (χ4v) is 14.4. The molecule has 0 saturated carbocycles. The summed E-state index contributed by atoms with van der Waals surface area (Å²) < 4.78 is 68.8. The maximum atomic E-state index is 13.1. The average molecular weight is 1480 g/mol. The van der Waals surface area contributed by atoms with Gasteiger partial charge in [0, 0.05) is 25.7 Å². The van der Waals surface area contributed by atoms with Gasteiger partial charge >= 0.3 is 39.5 Å². The Morgan fingerprint density at radius 2 is 0.396 bits per heavy atom. The highest BCUT2D eigenvalue weighted by molar-refractivity contribution is 7.47. The van der Waals surface area contributed by atoms with E-state index in [1.165, 1.54) is 276 Å². The van der Waals surface area contributed by atoms with Gasteiger partial charge in [-0.1, -0.05) is 394 Å². The number of unbranched alkanes of at least 4 members (excludes halogenated alkanes) is 57. The van der Waals surface area contributed by atoms with Gasteiger partial charge in [-0.15, -0.1) is 0 Å². The van der Waals surface area contributed by atoms with Gasteiger partial charge in [0.15, 0.2) is 12.2 Å². The minimum absolute atomic E-state index is 0.109. The summed E-state index contributed by atoms with van der Waals surface area (Å²) in [5.41, 5.74) is 0. The van der Waals surface area contributed by atoms with Crippen molar-refractivity contribution in [2.24, 2.45) is 0 Å². The Bertz CT molecular complexity index is 1910. The smallest absolute Gasteiger partial charge is 0.462 e. The number of esters is 4. The first kappa shape index (κ1) is 99.1. The maximum absolute atomic E-state index is 13.1. The summed E-state index contributed by atoms with van der Waals surface area (Å²) in [6.07, 6.45) is 69.2. The molecular weight excluding hydrogens is 1320 g/mol. The molecule has 0 radical (unpaired) electrons. The van der Waals surface area contributed by atoms with Gasteiger partial charge in [-0.2, -0.15) is 0 Å². The van der Waals surface area contributed by atoms with E-state index in [-0.39, 0.29) is 25.7 Å². The highest BCUT2D eigenvalue weighted by Gasteiger charge is 2.30. The van der Waals surface area contributed by atoms with Crippen LogP contribution in [-0.2, 0) is 65.4 Å². The van der Waals surface area contributed by atoms with Crippen molar-refractivity contribution in [1.82, 2.24) is 0 Å². The van der Waals surface area contributed by atoms with Gasteiger partial charge < -0.3 is 33.8 Å². The molecule has 0 aromatic heterocycles. The van der Waals surface area contributed by atoms with Crippen LogP contribution in [-0.4, -0.2) is 96.7 Å². The van der Waals surface area contributed by atoms with Crippen molar-refractivity contribution in [3.05, 3.63) is 0 Å². The van der Waals surface area contributed by atoms with Crippen LogP contribution in [0.5, 0.6) is 0 Å². The lowest BCUT2D eigenvalue weighted by atomic mass is 10.0. The highest BCUT2D eigenvalue weighted by Crippen LogP contribution is 2.45. The van der Waals surface area contributed by atoms with Gasteiger partial charge in [-0.3, -0.25) is 37.3 Å². The third-order valence-electron chi connectivity index (χ3n) is 19.4. The predicted molar refractivity (Wildman–Crippen MR) is 414 cm³/mol. The monoisotopic (exact) mass is 1480 g/mol. The zero-order chi connectivity index (χ0) is 73.9. The van der Waals surface area contributed by atoms with Crippen LogP contribution >= 0.6 is 15.6 Å². The molecule has 0 aliphatic carbocycles. The van der Waals surface area contributed by atoms with Gasteiger partial charge in [-0.05, 0) is 25.7 Å². The lowest BCUT2D eigenvalue weighted by Gasteiger charge is -2.21. The number of carbonyl (C=O) groups is 4. The van der Waals surface area contributed by atoms with Crippen LogP contribution in [0.2, 0.25) is 0 Å². The fourth-order valence-electron chi connectivity index (χ4n) is 12.8. The maximum Gasteiger partial charge on any atom is 0.472 e. The standard InChI is InChI=1S/C82H160O17P2/c1-5-9-13-17-21-25-29-33-36-37-38-39-41-45-49-53-57-61-65-69-82(87)99-78(73-93-80(85)67-63-59-55-51-47-44-40-34-30-26-22-18-14-10-6-2)75-97-101(90,91)95-71-76(83)70-94-100(88,89)96-74-77(72-92-79(84)66-62-58-54-50-46-42-32-28-24-20-16-12-8-4)98-81(86)68-64-60-56-52-48-43-35-31-27-23-19-15-11-7-3/h76-78,83H,5-75H2,1-4H3,(H,88,89)(H,90,91)/t76-,77+,78+/m0/s1. The van der Waals surface area contributed by atoms with Crippen LogP contribution in [0.15, 0.2) is 0 Å². The molecule has 0 aliphatic heterocycles. The lowest BCUT2D eigenvalue weighted by Crippen LogP contribution is -2.30. The molecular formula is C82H160O17P2. The predicted octanol–water partition coefficient (Wildman–Crippen LogP) is 25.0. The summed E-state index contributed by atoms with van der Waals surface area (Å²) in [5.74, 6) is -2.10. The minimum atomic E-state index is -4.96. The van der Waals surface area contributed by atoms with Crippen LogP contribution in [0.1, 0.15) is 445 Å². The Hall–Kier alpha value is -1.94. The Morgan fingerprint density at radius 3 is 0.584 bits per heavy atom. The number of hydrogen-bond acceptors (Lipinski definition) is 15. The molecule has 0 aromatic rings. The van der Waals surface area contributed by atoms with Crippen LogP contribution in [0.3, 0.4) is 0 Å². The van der Waals surface area contributed by atoms with Gasteiger partial charge in [0.1, 0.15) is 19.3 Å². The molecule has 19 heteroatoms. The molecule has 0 aliphatic rings. The Morgan fingerprint density at radius 1 is 0.238 bits per heavy atom. The molecule has 17 nitrogen and oxygen atoms in total. The molecule has 0 heterocycles. The third kappa shape index (κ3) is 76.1. The number of carbonyl (C=O) groups excluding carboxylic acids is 4. The van der Waals surface area contributed by atoms with Crippen molar-refractivity contribution in [3.8, 4) is 0 Å². The molecule has 0 aromatic carbocycles. The molecule has 3 N–H and O–H groups in total. The molecule has 0 fully saturated rings. The van der Waals surface area contributed by atoms with E-state index in [2.05, 4.69) is 27.7 Å². The van der Waals surface area contributed by atoms with E-state index in [9.17, 15) is 43.2 Å². The van der Waals surface area contributed by atoms with Crippen molar-refractivity contribution in [1.29, 1.82) is 0 Å². The first-order chi connectivity index (χ1) is 49.2. The number of ether oxygens (including phenoxy) is 4. The molecule has 101 heavy (non-hydrogen) atoms. The summed E-state index contributed by atoms with van der Waals surface area (Å²) in [5, 5.41) is 10.7. The van der Waals surface area contributed by atoms with E-state index < -0.39 is 97.5 Å². The van der Waals surface area contributed by atoms with E-state index in [1.807, 2.05) is 0 Å². The van der Waals surface area contributed by atoms with E-state index in [4.69, 9.17) is 37.0 Å². The van der Waals surface area contributed by atoms with Crippen molar-refractivity contribution in [2.75, 3.05) is 39.6 Å². The highest BCUT2D eigenvalue weighted by atomic mass is 31.2. The Kier molecular flexibility index (Phi) is 74.8. The third-order valence-corrected chi connectivity index (χ3v) is 21.3. The second kappa shape index (κ2) is 76.3. The second-order valence-corrected chi connectivity index (χ2v) is 32.4. The number of phosphoric acid groups is 2. The van der Waals surface area contributed by atoms with Crippen molar-refractivity contribution >= 4 is 39.5 Å². The van der Waals surface area contributed by atoms with Gasteiger partial charge in [0.2, 0.25) is 0 Å². The zero-order valence-corrected chi connectivity index (χ0v) is 67.7. The molecule has 0 spiro atoms. The number of rotatable bonds is 83. The van der Waals surface area contributed by atoms with E-state index in [0.29, 0.717) is 25.7 Å². The Labute approximate surface area is 619 Å². The Balaban J connectivity index is 5.25. The minimum Gasteiger partial charge on any atom is -0.462 e. The van der Waals surface area contributed by atoms with Crippen molar-refractivity contribution in [2.45, 2.75) is 463 Å². The second-order valence-electron chi connectivity index (χ2n) is 29.5. The van der Waals surface area contributed by atoms with Gasteiger partial charge in [0.05, 0.1) is 26.4 Å². The van der Waals surface area contributed by atoms with Crippen LogP contribution in [0, 0.1) is 0 Å². The topological polar surface area (TPSA) is 237 Å². The largest absolute Gasteiger partial charge is 0.472 e. The van der Waals surface area contributed by atoms with Crippen LogP contribution < -0.4 is 0 Å². The quantitative estimate of drug-likeness (QED) is 0.0222. The van der Waals surface area contributed by atoms with Gasteiger partial charge in [-0.25, -0.2) is 9.13 Å². The van der Waals surface area contributed by atoms with Gasteiger partial charge in [0.25, 0.3) is 0 Å². The fraction of sp³-hybridized carbons (Fsp3) is 0.951. The molecule has 0 rings (SSSR count). The molecule has 5 atom stereocenters. The molecule has 0 saturated heterocycles. The van der Waals surface area contributed by atoms with Crippen LogP contribution in [0.25, 0.3) is 0 Å². The number of aliphatic hydroxyl groups excluding tert-OH is 1. The number of aliphatic hydroxyl groups is 1. The number of phosphoric ester groups is 2. The summed E-state index contributed by atoms with van der Waals surface area (Å²) in [6.45, 7) is 5.05. The van der Waals surface area contributed by atoms with E-state index >= 15 is 0 Å². The first-order valence-electron chi connectivity index (χ1n) is 42.8. The summed E-state index contributed by atoms with van der Waals surface area (Å²) in [4.78, 5) is 73.1. The van der Waals surface area contributed by atoms with Crippen molar-refractivity contribution in [3.63, 3.8) is 0 Å². The molecule has 0 amide bonds. The molecule has 2 unspecified atom stereocenters.